The van der Waals surface area contributed by atoms with E-state index in [2.05, 4.69) is 0 Å². The lowest BCUT2D eigenvalue weighted by atomic mass is 10.1. The van der Waals surface area contributed by atoms with Crippen LogP contribution in [-0.4, -0.2) is 11.1 Å². The zero-order valence-electron chi connectivity index (χ0n) is 6.57. The lowest BCUT2D eigenvalue weighted by Crippen LogP contribution is -2.07. The van der Waals surface area contributed by atoms with Gasteiger partial charge in [0, 0.05) is 11.6 Å². The maximum Gasteiger partial charge on any atom is 0.339 e. The zero-order valence-corrected chi connectivity index (χ0v) is 6.57. The molecule has 0 bridgehead atoms. The molecule has 13 heavy (non-hydrogen) atoms. The molecule has 0 spiro atoms. The van der Waals surface area contributed by atoms with Crippen molar-refractivity contribution < 1.29 is 23.1 Å². The van der Waals surface area contributed by atoms with Gasteiger partial charge in [-0.05, 0) is 6.92 Å². The van der Waals surface area contributed by atoms with Gasteiger partial charge >= 0.3 is 5.97 Å². The Bertz CT molecular complexity index is 374. The molecule has 1 aromatic rings. The maximum atomic E-state index is 12.8. The number of halogens is 3. The van der Waals surface area contributed by atoms with Gasteiger partial charge in [0.25, 0.3) is 0 Å². The van der Waals surface area contributed by atoms with Crippen molar-refractivity contribution in [2.24, 2.45) is 0 Å². The number of hydrogen-bond donors (Lipinski definition) is 1. The molecule has 2 nitrogen and oxygen atoms in total. The van der Waals surface area contributed by atoms with E-state index in [-0.39, 0.29) is 6.07 Å². The van der Waals surface area contributed by atoms with E-state index >= 15 is 0 Å². The van der Waals surface area contributed by atoms with Crippen LogP contribution in [0.1, 0.15) is 15.9 Å². The fraction of sp³-hybridized carbons (Fsp3) is 0.125. The van der Waals surface area contributed by atoms with Crippen molar-refractivity contribution in [1.29, 1.82) is 0 Å². The van der Waals surface area contributed by atoms with E-state index in [1.165, 1.54) is 0 Å². The molecular weight excluding hydrogens is 185 g/mol. The molecule has 1 rings (SSSR count). The first-order valence-corrected chi connectivity index (χ1v) is 3.32. The fourth-order valence-electron chi connectivity index (χ4n) is 0.977. The van der Waals surface area contributed by atoms with Crippen LogP contribution in [0.2, 0.25) is 0 Å². The van der Waals surface area contributed by atoms with Crippen molar-refractivity contribution in [2.45, 2.75) is 6.92 Å². The largest absolute Gasteiger partial charge is 0.478 e. The maximum absolute atomic E-state index is 12.8. The molecule has 1 aromatic carbocycles. The predicted molar refractivity (Wildman–Crippen MR) is 38.0 cm³/mol. The molecule has 0 aliphatic heterocycles. The average Bonchev–Trinajstić information content (AvgIpc) is 1.99. The van der Waals surface area contributed by atoms with Gasteiger partial charge in [-0.15, -0.1) is 0 Å². The summed E-state index contributed by atoms with van der Waals surface area (Å²) in [5.74, 6) is -5.61. The first kappa shape index (κ1) is 9.57. The minimum absolute atomic E-state index is 0.214. The molecule has 0 atom stereocenters. The number of aromatic carboxylic acids is 1. The Morgan fingerprint density at radius 1 is 1.31 bits per heavy atom. The van der Waals surface area contributed by atoms with Gasteiger partial charge in [0.05, 0.1) is 0 Å². The van der Waals surface area contributed by atoms with E-state index in [0.29, 0.717) is 0 Å². The second-order valence-electron chi connectivity index (χ2n) is 2.46. The summed E-state index contributed by atoms with van der Waals surface area (Å²) < 4.78 is 38.0. The van der Waals surface area contributed by atoms with E-state index < -0.39 is 34.5 Å². The van der Waals surface area contributed by atoms with E-state index in [9.17, 15) is 18.0 Å². The summed E-state index contributed by atoms with van der Waals surface area (Å²) in [7, 11) is 0. The van der Waals surface area contributed by atoms with Crippen LogP contribution in [-0.2, 0) is 0 Å². The topological polar surface area (TPSA) is 37.3 Å². The average molecular weight is 190 g/mol. The number of hydrogen-bond acceptors (Lipinski definition) is 1. The molecule has 5 heteroatoms. The van der Waals surface area contributed by atoms with E-state index in [1.807, 2.05) is 0 Å². The molecule has 70 valence electrons. The minimum atomic E-state index is -1.62. The third-order valence-corrected chi connectivity index (χ3v) is 1.62. The van der Waals surface area contributed by atoms with Crippen LogP contribution in [0.25, 0.3) is 0 Å². The molecule has 0 heterocycles. The number of rotatable bonds is 1. The second-order valence-corrected chi connectivity index (χ2v) is 2.46. The van der Waals surface area contributed by atoms with Crippen molar-refractivity contribution >= 4 is 5.97 Å². The highest BCUT2D eigenvalue weighted by atomic mass is 19.2. The van der Waals surface area contributed by atoms with Crippen LogP contribution in [0.4, 0.5) is 13.2 Å². The Morgan fingerprint density at radius 3 is 2.31 bits per heavy atom. The Labute approximate surface area is 71.6 Å². The third kappa shape index (κ3) is 1.49. The van der Waals surface area contributed by atoms with E-state index in [1.54, 1.807) is 0 Å². The van der Waals surface area contributed by atoms with Crippen LogP contribution in [0.3, 0.4) is 0 Å². The minimum Gasteiger partial charge on any atom is -0.478 e. The molecule has 1 N–H and O–H groups in total. The highest BCUT2D eigenvalue weighted by Gasteiger charge is 2.20. The number of carboxylic acids is 1. The van der Waals surface area contributed by atoms with Crippen molar-refractivity contribution in [3.05, 3.63) is 34.6 Å². The van der Waals surface area contributed by atoms with Crippen LogP contribution in [0.5, 0.6) is 0 Å². The highest BCUT2D eigenvalue weighted by molar-refractivity contribution is 5.89. The van der Waals surface area contributed by atoms with Gasteiger partial charge in [-0.1, -0.05) is 0 Å². The lowest BCUT2D eigenvalue weighted by molar-refractivity contribution is 0.0690. The summed E-state index contributed by atoms with van der Waals surface area (Å²) in [6, 6.07) is 0.214. The smallest absolute Gasteiger partial charge is 0.339 e. The van der Waals surface area contributed by atoms with Crippen LogP contribution >= 0.6 is 0 Å². The first-order valence-electron chi connectivity index (χ1n) is 3.32. The van der Waals surface area contributed by atoms with Crippen molar-refractivity contribution in [1.82, 2.24) is 0 Å². The SMILES string of the molecule is Cc1c(F)c(F)cc(F)c1C(=O)O. The molecule has 0 saturated carbocycles. The van der Waals surface area contributed by atoms with Crippen LogP contribution < -0.4 is 0 Å². The molecule has 0 radical (unpaired) electrons. The Hall–Kier alpha value is -1.52. The standard InChI is InChI=1S/C8H5F3O2/c1-3-6(8(12)13)4(9)2-5(10)7(3)11/h2H,1H3,(H,12,13). The van der Waals surface area contributed by atoms with Crippen LogP contribution in [0, 0.1) is 24.4 Å². The predicted octanol–water partition coefficient (Wildman–Crippen LogP) is 2.11. The quantitative estimate of drug-likeness (QED) is 0.688. The molecule has 0 saturated heterocycles. The monoisotopic (exact) mass is 190 g/mol. The van der Waals surface area contributed by atoms with E-state index in [0.717, 1.165) is 6.92 Å². The first-order chi connectivity index (χ1) is 5.95. The molecule has 0 aromatic heterocycles. The number of benzene rings is 1. The van der Waals surface area contributed by atoms with Gasteiger partial charge in [-0.25, -0.2) is 18.0 Å². The van der Waals surface area contributed by atoms with Gasteiger partial charge in [0.1, 0.15) is 11.4 Å². The molecule has 0 aliphatic rings. The summed E-state index contributed by atoms with van der Waals surface area (Å²) in [6.45, 7) is 1.00. The Kier molecular flexibility index (Phi) is 2.27. The summed E-state index contributed by atoms with van der Waals surface area (Å²) in [4.78, 5) is 10.4. The van der Waals surface area contributed by atoms with Gasteiger partial charge < -0.3 is 5.11 Å². The highest BCUT2D eigenvalue weighted by Crippen LogP contribution is 2.19. The molecule has 0 aliphatic carbocycles. The normalized spacial score (nSPS) is 10.2. The summed E-state index contributed by atoms with van der Waals surface area (Å²) >= 11 is 0. The van der Waals surface area contributed by atoms with Crippen LogP contribution in [0.15, 0.2) is 6.07 Å². The Balaban J connectivity index is 3.53. The third-order valence-electron chi connectivity index (χ3n) is 1.62. The van der Waals surface area contributed by atoms with Crippen molar-refractivity contribution in [3.8, 4) is 0 Å². The number of carboxylic acid groups (broad SMARTS) is 1. The summed E-state index contributed by atoms with van der Waals surface area (Å²) in [5.41, 5.74) is -1.37. The van der Waals surface area contributed by atoms with Crippen molar-refractivity contribution in [2.75, 3.05) is 0 Å². The molecule has 0 amide bonds. The fourth-order valence-corrected chi connectivity index (χ4v) is 0.977. The van der Waals surface area contributed by atoms with Gasteiger partial charge in [0.15, 0.2) is 11.6 Å². The van der Waals surface area contributed by atoms with Gasteiger partial charge in [-0.2, -0.15) is 0 Å². The summed E-state index contributed by atoms with van der Waals surface area (Å²) in [6.07, 6.45) is 0. The summed E-state index contributed by atoms with van der Waals surface area (Å²) in [5, 5.41) is 8.43. The van der Waals surface area contributed by atoms with Gasteiger partial charge in [-0.3, -0.25) is 0 Å². The Morgan fingerprint density at radius 2 is 1.85 bits per heavy atom. The number of carbonyl (C=O) groups is 1. The molecular formula is C8H5F3O2. The zero-order chi connectivity index (χ0) is 10.2. The molecule has 0 unspecified atom stereocenters. The van der Waals surface area contributed by atoms with Crippen molar-refractivity contribution in [3.63, 3.8) is 0 Å². The van der Waals surface area contributed by atoms with Gasteiger partial charge in [0.2, 0.25) is 0 Å². The van der Waals surface area contributed by atoms with E-state index in [4.69, 9.17) is 5.11 Å². The second kappa shape index (κ2) is 3.08. The molecule has 0 fully saturated rings. The lowest BCUT2D eigenvalue weighted by Gasteiger charge is -2.03.